The van der Waals surface area contributed by atoms with Gasteiger partial charge in [-0.3, -0.25) is 15.0 Å². The first-order valence-corrected chi connectivity index (χ1v) is 7.98. The summed E-state index contributed by atoms with van der Waals surface area (Å²) in [6.07, 6.45) is -0.869. The van der Waals surface area contributed by atoms with E-state index in [0.29, 0.717) is 5.56 Å². The van der Waals surface area contributed by atoms with E-state index in [0.717, 1.165) is 12.1 Å². The van der Waals surface area contributed by atoms with Crippen LogP contribution in [0.3, 0.4) is 0 Å². The molecule has 0 saturated heterocycles. The van der Waals surface area contributed by atoms with Gasteiger partial charge in [-0.1, -0.05) is 12.1 Å². The van der Waals surface area contributed by atoms with E-state index in [1.54, 1.807) is 24.9 Å². The first-order valence-electron chi connectivity index (χ1n) is 7.98. The summed E-state index contributed by atoms with van der Waals surface area (Å²) in [7, 11) is 1.74. The minimum absolute atomic E-state index is 0.0595. The van der Waals surface area contributed by atoms with Gasteiger partial charge in [0.1, 0.15) is 18.5 Å². The molecule has 26 heavy (non-hydrogen) atoms. The molecule has 0 aliphatic carbocycles. The quantitative estimate of drug-likeness (QED) is 0.573. The fourth-order valence-electron chi connectivity index (χ4n) is 2.45. The number of hydrogen-bond acceptors (Lipinski definition) is 5. The summed E-state index contributed by atoms with van der Waals surface area (Å²) in [6, 6.07) is 9.12. The van der Waals surface area contributed by atoms with Crippen LogP contribution in [0, 0.1) is 21.7 Å². The minimum Gasteiger partial charge on any atom is -0.491 e. The third kappa shape index (κ3) is 5.21. The van der Waals surface area contributed by atoms with Gasteiger partial charge >= 0.3 is 0 Å². The molecular formula is C18H20F2N2O4. The van der Waals surface area contributed by atoms with Crippen molar-refractivity contribution < 1.29 is 23.5 Å². The number of hydrogen-bond donors (Lipinski definition) is 1. The summed E-state index contributed by atoms with van der Waals surface area (Å²) < 4.78 is 31.8. The van der Waals surface area contributed by atoms with Crippen LogP contribution in [-0.4, -0.2) is 41.2 Å². The standard InChI is InChI=1S/C18H20F2N2O4/c1-12(13-6-7-17(19)18(20)8-13)21(2)10-15(23)11-26-16-5-3-4-14(9-16)22(24)25/h3-9,12,15,23H,10-11H2,1-2H3. The topological polar surface area (TPSA) is 75.8 Å². The Morgan fingerprint density at radius 2 is 1.96 bits per heavy atom. The van der Waals surface area contributed by atoms with E-state index in [-0.39, 0.29) is 30.6 Å². The van der Waals surface area contributed by atoms with E-state index in [1.807, 2.05) is 0 Å². The molecule has 2 aromatic rings. The third-order valence-corrected chi connectivity index (χ3v) is 4.06. The second-order valence-corrected chi connectivity index (χ2v) is 6.01. The molecule has 0 fully saturated rings. The van der Waals surface area contributed by atoms with E-state index in [1.165, 1.54) is 24.3 Å². The van der Waals surface area contributed by atoms with Gasteiger partial charge in [0.15, 0.2) is 11.6 Å². The molecule has 0 radical (unpaired) electrons. The Hall–Kier alpha value is -2.58. The average molecular weight is 366 g/mol. The van der Waals surface area contributed by atoms with Crippen molar-refractivity contribution in [2.24, 2.45) is 0 Å². The summed E-state index contributed by atoms with van der Waals surface area (Å²) in [5, 5.41) is 20.9. The molecule has 2 aromatic carbocycles. The summed E-state index contributed by atoms with van der Waals surface area (Å²) in [5.41, 5.74) is 0.485. The van der Waals surface area contributed by atoms with Crippen LogP contribution in [0.5, 0.6) is 5.75 Å². The molecular weight excluding hydrogens is 346 g/mol. The lowest BCUT2D eigenvalue weighted by atomic mass is 10.1. The number of halogens is 2. The fraction of sp³-hybridized carbons (Fsp3) is 0.333. The Bertz CT molecular complexity index is 773. The molecule has 0 spiro atoms. The van der Waals surface area contributed by atoms with Crippen LogP contribution in [0.4, 0.5) is 14.5 Å². The largest absolute Gasteiger partial charge is 0.491 e. The first kappa shape index (κ1) is 19.7. The second kappa shape index (κ2) is 8.68. The van der Waals surface area contributed by atoms with Gasteiger partial charge in [-0.25, -0.2) is 8.78 Å². The van der Waals surface area contributed by atoms with E-state index in [2.05, 4.69) is 0 Å². The maximum absolute atomic E-state index is 13.4. The number of benzene rings is 2. The predicted octanol–water partition coefficient (Wildman–Crippen LogP) is 3.31. The molecule has 2 atom stereocenters. The third-order valence-electron chi connectivity index (χ3n) is 4.06. The summed E-state index contributed by atoms with van der Waals surface area (Å²) in [4.78, 5) is 12.0. The summed E-state index contributed by atoms with van der Waals surface area (Å²) >= 11 is 0. The molecule has 0 aliphatic heterocycles. The molecule has 0 bridgehead atoms. The summed E-state index contributed by atoms with van der Waals surface area (Å²) in [6.45, 7) is 1.96. The molecule has 0 heterocycles. The fourth-order valence-corrected chi connectivity index (χ4v) is 2.45. The van der Waals surface area contributed by atoms with Crippen molar-refractivity contribution in [3.05, 3.63) is 69.8 Å². The Morgan fingerprint density at radius 1 is 1.23 bits per heavy atom. The van der Waals surface area contributed by atoms with E-state index in [9.17, 15) is 24.0 Å². The van der Waals surface area contributed by atoms with Crippen LogP contribution < -0.4 is 4.74 Å². The normalized spacial score (nSPS) is 13.5. The highest BCUT2D eigenvalue weighted by molar-refractivity contribution is 5.37. The molecule has 1 N–H and O–H groups in total. The zero-order chi connectivity index (χ0) is 19.3. The number of non-ortho nitro benzene ring substituents is 1. The molecule has 0 aliphatic rings. The molecule has 0 aromatic heterocycles. The lowest BCUT2D eigenvalue weighted by molar-refractivity contribution is -0.384. The molecule has 0 saturated carbocycles. The van der Waals surface area contributed by atoms with Gasteiger partial charge in [-0.2, -0.15) is 0 Å². The van der Waals surface area contributed by atoms with Crippen LogP contribution >= 0.6 is 0 Å². The van der Waals surface area contributed by atoms with Crippen LogP contribution in [0.1, 0.15) is 18.5 Å². The molecule has 2 rings (SSSR count). The number of rotatable bonds is 8. The van der Waals surface area contributed by atoms with Crippen LogP contribution in [0.2, 0.25) is 0 Å². The SMILES string of the molecule is CC(c1ccc(F)c(F)c1)N(C)CC(O)COc1cccc([N+](=O)[O-])c1. The smallest absolute Gasteiger partial charge is 0.273 e. The predicted molar refractivity (Wildman–Crippen MR) is 92.0 cm³/mol. The van der Waals surface area contributed by atoms with Crippen molar-refractivity contribution in [2.75, 3.05) is 20.2 Å². The van der Waals surface area contributed by atoms with E-state index in [4.69, 9.17) is 4.74 Å². The number of aliphatic hydroxyl groups is 1. The monoisotopic (exact) mass is 366 g/mol. The zero-order valence-corrected chi connectivity index (χ0v) is 14.4. The number of likely N-dealkylation sites (N-methyl/N-ethyl adjacent to an activating group) is 1. The second-order valence-electron chi connectivity index (χ2n) is 6.01. The highest BCUT2D eigenvalue weighted by Gasteiger charge is 2.17. The van der Waals surface area contributed by atoms with Crippen molar-refractivity contribution in [2.45, 2.75) is 19.1 Å². The van der Waals surface area contributed by atoms with Crippen molar-refractivity contribution in [3.8, 4) is 5.75 Å². The maximum Gasteiger partial charge on any atom is 0.273 e. The number of aliphatic hydroxyl groups excluding tert-OH is 1. The van der Waals surface area contributed by atoms with Gasteiger partial charge in [-0.05, 0) is 37.7 Å². The maximum atomic E-state index is 13.4. The van der Waals surface area contributed by atoms with Crippen molar-refractivity contribution in [1.82, 2.24) is 4.90 Å². The Labute approximate surface area is 149 Å². The highest BCUT2D eigenvalue weighted by Crippen LogP contribution is 2.22. The number of nitrogens with zero attached hydrogens (tertiary/aromatic N) is 2. The Kier molecular flexibility index (Phi) is 6.59. The van der Waals surface area contributed by atoms with Gasteiger partial charge in [0.25, 0.3) is 5.69 Å². The van der Waals surface area contributed by atoms with Crippen LogP contribution in [-0.2, 0) is 0 Å². The minimum atomic E-state index is -0.919. The lowest BCUT2D eigenvalue weighted by Gasteiger charge is -2.27. The van der Waals surface area contributed by atoms with Crippen molar-refractivity contribution in [1.29, 1.82) is 0 Å². The van der Waals surface area contributed by atoms with Gasteiger partial charge in [0.05, 0.1) is 11.0 Å². The summed E-state index contributed by atoms with van der Waals surface area (Å²) in [5.74, 6) is -1.54. The number of nitro benzene ring substituents is 1. The highest BCUT2D eigenvalue weighted by atomic mass is 19.2. The van der Waals surface area contributed by atoms with E-state index < -0.39 is 22.7 Å². The number of nitro groups is 1. The molecule has 140 valence electrons. The number of ether oxygens (including phenoxy) is 1. The van der Waals surface area contributed by atoms with Gasteiger partial charge in [0.2, 0.25) is 0 Å². The van der Waals surface area contributed by atoms with Crippen molar-refractivity contribution in [3.63, 3.8) is 0 Å². The van der Waals surface area contributed by atoms with Crippen molar-refractivity contribution >= 4 is 5.69 Å². The van der Waals surface area contributed by atoms with Crippen LogP contribution in [0.25, 0.3) is 0 Å². The zero-order valence-electron chi connectivity index (χ0n) is 14.4. The van der Waals surface area contributed by atoms with Crippen LogP contribution in [0.15, 0.2) is 42.5 Å². The molecule has 0 amide bonds. The Morgan fingerprint density at radius 3 is 2.62 bits per heavy atom. The molecule has 8 heteroatoms. The lowest BCUT2D eigenvalue weighted by Crippen LogP contribution is -2.34. The van der Waals surface area contributed by atoms with Gasteiger partial charge < -0.3 is 9.84 Å². The first-order chi connectivity index (χ1) is 12.3. The Balaban J connectivity index is 1.90. The molecule has 2 unspecified atom stereocenters. The van der Waals surface area contributed by atoms with Gasteiger partial charge in [-0.15, -0.1) is 0 Å². The van der Waals surface area contributed by atoms with E-state index >= 15 is 0 Å². The van der Waals surface area contributed by atoms with Gasteiger partial charge in [0, 0.05) is 18.7 Å². The average Bonchev–Trinajstić information content (AvgIpc) is 2.61. The molecule has 6 nitrogen and oxygen atoms in total.